The van der Waals surface area contributed by atoms with E-state index in [9.17, 15) is 27.1 Å². The summed E-state index contributed by atoms with van der Waals surface area (Å²) in [5.41, 5.74) is -0.799. The van der Waals surface area contributed by atoms with Crippen LogP contribution in [0.4, 0.5) is 10.1 Å². The Balaban J connectivity index is 2.96. The van der Waals surface area contributed by atoms with E-state index in [0.29, 0.717) is 6.07 Å². The second-order valence-corrected chi connectivity index (χ2v) is 7.60. The zero-order valence-corrected chi connectivity index (χ0v) is 12.3. The van der Waals surface area contributed by atoms with Crippen molar-refractivity contribution in [2.75, 3.05) is 12.8 Å². The summed E-state index contributed by atoms with van der Waals surface area (Å²) in [6, 6.07) is 2.30. The van der Waals surface area contributed by atoms with E-state index in [1.54, 1.807) is 6.92 Å². The van der Waals surface area contributed by atoms with Crippen molar-refractivity contribution >= 4 is 26.5 Å². The molecule has 0 aliphatic rings. The van der Waals surface area contributed by atoms with Gasteiger partial charge < -0.3 is 0 Å². The van der Waals surface area contributed by atoms with Gasteiger partial charge in [0.1, 0.15) is 0 Å². The maximum absolute atomic E-state index is 13.4. The highest BCUT2D eigenvalue weighted by Gasteiger charge is 2.21. The smallest absolute Gasteiger partial charge is 0.260 e. The van der Waals surface area contributed by atoms with Crippen molar-refractivity contribution in [3.05, 3.63) is 34.1 Å². The topological polar surface area (TPSA) is 106 Å². The molecule has 0 fully saturated rings. The molecule has 0 heterocycles. The molecule has 0 saturated heterocycles. The van der Waals surface area contributed by atoms with E-state index in [1.165, 1.54) is 6.26 Å². The molecule has 10 heteroatoms. The van der Waals surface area contributed by atoms with E-state index >= 15 is 0 Å². The number of rotatable bonds is 6. The Labute approximate surface area is 117 Å². The van der Waals surface area contributed by atoms with Crippen molar-refractivity contribution in [3.63, 3.8) is 0 Å². The second-order valence-electron chi connectivity index (χ2n) is 4.03. The van der Waals surface area contributed by atoms with Gasteiger partial charge in [0.25, 0.3) is 0 Å². The fraction of sp³-hybridized carbons (Fsp3) is 0.400. The average Bonchev–Trinajstić information content (AvgIpc) is 2.35. The lowest BCUT2D eigenvalue weighted by atomic mass is 10.3. The van der Waals surface area contributed by atoms with E-state index in [1.807, 2.05) is 0 Å². The number of nitro groups is 1. The minimum Gasteiger partial charge on any atom is -0.260 e. The summed E-state index contributed by atoms with van der Waals surface area (Å²) in [6.45, 7) is 1.51. The van der Waals surface area contributed by atoms with Gasteiger partial charge in [0, 0.05) is 41.0 Å². The number of sulfonamides is 1. The van der Waals surface area contributed by atoms with E-state index < -0.39 is 47.4 Å². The van der Waals surface area contributed by atoms with Crippen LogP contribution in [0.15, 0.2) is 23.1 Å². The highest BCUT2D eigenvalue weighted by Crippen LogP contribution is 2.20. The van der Waals surface area contributed by atoms with Gasteiger partial charge in [-0.1, -0.05) is 0 Å². The first-order valence-electron chi connectivity index (χ1n) is 5.41. The number of hydrogen-bond donors (Lipinski definition) is 1. The van der Waals surface area contributed by atoms with Crippen LogP contribution < -0.4 is 4.72 Å². The van der Waals surface area contributed by atoms with Crippen LogP contribution in [0.1, 0.15) is 6.92 Å². The zero-order chi connectivity index (χ0) is 15.5. The largest absolute Gasteiger partial charge is 0.304 e. The number of benzene rings is 1. The SMILES string of the molecule is CC(CNS(=O)(=O)c1ccc([N+](=O)[O-])c(F)c1)S(C)=O. The van der Waals surface area contributed by atoms with E-state index in [-0.39, 0.29) is 6.54 Å². The first-order valence-corrected chi connectivity index (χ1v) is 8.51. The van der Waals surface area contributed by atoms with Crippen LogP contribution in [0.2, 0.25) is 0 Å². The standard InChI is InChI=1S/C10H13FN2O5S2/c1-7(19(2)16)6-12-20(17,18)8-3-4-10(13(14)15)9(11)5-8/h3-5,7,12H,6H2,1-2H3. The summed E-state index contributed by atoms with van der Waals surface area (Å²) in [7, 11) is -5.21. The van der Waals surface area contributed by atoms with Gasteiger partial charge in [-0.15, -0.1) is 0 Å². The molecule has 1 N–H and O–H groups in total. The Hall–Kier alpha value is -1.39. The molecular weight excluding hydrogens is 311 g/mol. The number of nitrogens with one attached hydrogen (secondary N) is 1. The maximum atomic E-state index is 13.4. The van der Waals surface area contributed by atoms with Gasteiger partial charge in [-0.05, 0) is 13.0 Å². The van der Waals surface area contributed by atoms with Crippen LogP contribution in [0.25, 0.3) is 0 Å². The molecule has 1 aromatic carbocycles. The molecule has 7 nitrogen and oxygen atoms in total. The van der Waals surface area contributed by atoms with Gasteiger partial charge >= 0.3 is 5.69 Å². The minimum absolute atomic E-state index is 0.0793. The molecule has 1 aromatic rings. The van der Waals surface area contributed by atoms with Gasteiger partial charge in [0.2, 0.25) is 15.8 Å². The van der Waals surface area contributed by atoms with Crippen LogP contribution in [-0.2, 0) is 20.8 Å². The maximum Gasteiger partial charge on any atom is 0.304 e. The molecule has 0 radical (unpaired) electrons. The molecule has 0 aliphatic carbocycles. The Kier molecular flexibility index (Phi) is 5.31. The molecule has 1 rings (SSSR count). The second kappa shape index (κ2) is 6.37. The van der Waals surface area contributed by atoms with Gasteiger partial charge in [-0.2, -0.15) is 4.39 Å². The fourth-order valence-electron chi connectivity index (χ4n) is 1.23. The highest BCUT2D eigenvalue weighted by atomic mass is 32.2. The van der Waals surface area contributed by atoms with Crippen LogP contribution in [0.3, 0.4) is 0 Å². The lowest BCUT2D eigenvalue weighted by molar-refractivity contribution is -0.387. The predicted molar refractivity (Wildman–Crippen MR) is 71.8 cm³/mol. The molecule has 0 saturated carbocycles. The van der Waals surface area contributed by atoms with E-state index in [4.69, 9.17) is 0 Å². The molecular formula is C10H13FN2O5S2. The van der Waals surface area contributed by atoms with Gasteiger partial charge in [0.05, 0.1) is 9.82 Å². The molecule has 112 valence electrons. The Morgan fingerprint density at radius 2 is 2.10 bits per heavy atom. The first kappa shape index (κ1) is 16.7. The molecule has 0 bridgehead atoms. The van der Waals surface area contributed by atoms with E-state index in [0.717, 1.165) is 12.1 Å². The Bertz CT molecular complexity index is 647. The summed E-state index contributed by atoms with van der Waals surface area (Å²) in [4.78, 5) is 9.07. The molecule has 0 aliphatic heterocycles. The Morgan fingerprint density at radius 3 is 2.55 bits per heavy atom. The van der Waals surface area contributed by atoms with Crippen molar-refractivity contribution < 1.29 is 21.9 Å². The summed E-state index contributed by atoms with van der Waals surface area (Å²) in [5.74, 6) is -1.23. The van der Waals surface area contributed by atoms with Crippen LogP contribution >= 0.6 is 0 Å². The molecule has 0 aromatic heterocycles. The fourth-order valence-corrected chi connectivity index (χ4v) is 2.80. The minimum atomic E-state index is -4.00. The number of hydrogen-bond acceptors (Lipinski definition) is 5. The average molecular weight is 324 g/mol. The number of halogens is 1. The number of nitrogens with zero attached hydrogens (tertiary/aromatic N) is 1. The third-order valence-corrected chi connectivity index (χ3v) is 5.27. The molecule has 2 unspecified atom stereocenters. The lowest BCUT2D eigenvalue weighted by Gasteiger charge is -2.10. The van der Waals surface area contributed by atoms with Crippen molar-refractivity contribution in [1.29, 1.82) is 0 Å². The predicted octanol–water partition coefficient (Wildman–Crippen LogP) is 0.779. The normalized spacial score (nSPS) is 14.8. The van der Waals surface area contributed by atoms with Gasteiger partial charge in [-0.3, -0.25) is 14.3 Å². The monoisotopic (exact) mass is 324 g/mol. The third-order valence-electron chi connectivity index (χ3n) is 2.55. The summed E-state index contributed by atoms with van der Waals surface area (Å²) in [5, 5.41) is 10.0. The van der Waals surface area contributed by atoms with Crippen molar-refractivity contribution in [1.82, 2.24) is 4.72 Å². The van der Waals surface area contributed by atoms with Crippen LogP contribution in [0, 0.1) is 15.9 Å². The Morgan fingerprint density at radius 1 is 1.50 bits per heavy atom. The van der Waals surface area contributed by atoms with Crippen molar-refractivity contribution in [3.8, 4) is 0 Å². The van der Waals surface area contributed by atoms with Crippen molar-refractivity contribution in [2.24, 2.45) is 0 Å². The molecule has 2 atom stereocenters. The quantitative estimate of drug-likeness (QED) is 0.615. The molecule has 0 spiro atoms. The van der Waals surface area contributed by atoms with Crippen LogP contribution in [-0.4, -0.2) is 35.6 Å². The highest BCUT2D eigenvalue weighted by molar-refractivity contribution is 7.89. The summed E-state index contributed by atoms with van der Waals surface area (Å²) < 4.78 is 50.4. The number of nitro benzene ring substituents is 1. The van der Waals surface area contributed by atoms with Gasteiger partial charge in [0.15, 0.2) is 0 Å². The first-order chi connectivity index (χ1) is 9.15. The summed E-state index contributed by atoms with van der Waals surface area (Å²) >= 11 is 0. The van der Waals surface area contributed by atoms with E-state index in [2.05, 4.69) is 4.72 Å². The van der Waals surface area contributed by atoms with Gasteiger partial charge in [-0.25, -0.2) is 13.1 Å². The zero-order valence-electron chi connectivity index (χ0n) is 10.7. The lowest BCUT2D eigenvalue weighted by Crippen LogP contribution is -2.32. The van der Waals surface area contributed by atoms with Crippen molar-refractivity contribution in [2.45, 2.75) is 17.1 Å². The molecule has 0 amide bonds. The molecule has 20 heavy (non-hydrogen) atoms. The van der Waals surface area contributed by atoms with Crippen LogP contribution in [0.5, 0.6) is 0 Å². The summed E-state index contributed by atoms with van der Waals surface area (Å²) in [6.07, 6.45) is 1.44. The third kappa shape index (κ3) is 4.05.